The van der Waals surface area contributed by atoms with E-state index in [0.717, 1.165) is 17.6 Å². The molecule has 2 nitrogen and oxygen atoms in total. The van der Waals surface area contributed by atoms with Gasteiger partial charge in [0.2, 0.25) is 0 Å². The summed E-state index contributed by atoms with van der Waals surface area (Å²) in [6, 6.07) is 3.88. The molecular weight excluding hydrogens is 244 g/mol. The molecule has 1 aromatic rings. The number of benzene rings is 1. The standard InChI is InChI=1S/C12H15F2NOS/c13-9-3-1-2-8(12(9)14)6-10(15)11-7-17-5-4-16-11/h1-3,10-11H,4-7,15H2. The van der Waals surface area contributed by atoms with E-state index in [2.05, 4.69) is 0 Å². The lowest BCUT2D eigenvalue weighted by molar-refractivity contribution is 0.0570. The van der Waals surface area contributed by atoms with Crippen LogP contribution in [0.25, 0.3) is 0 Å². The maximum absolute atomic E-state index is 13.5. The van der Waals surface area contributed by atoms with Crippen LogP contribution in [0, 0.1) is 11.6 Å². The van der Waals surface area contributed by atoms with Crippen LogP contribution in [-0.2, 0) is 11.2 Å². The molecular formula is C12H15F2NOS. The second-order valence-corrected chi connectivity index (χ2v) is 5.21. The van der Waals surface area contributed by atoms with Gasteiger partial charge in [0.1, 0.15) is 0 Å². The molecule has 2 rings (SSSR count). The molecule has 1 fully saturated rings. The lowest BCUT2D eigenvalue weighted by Gasteiger charge is -2.27. The molecule has 1 aromatic carbocycles. The first kappa shape index (κ1) is 12.8. The van der Waals surface area contributed by atoms with Gasteiger partial charge in [-0.25, -0.2) is 8.78 Å². The van der Waals surface area contributed by atoms with E-state index >= 15 is 0 Å². The van der Waals surface area contributed by atoms with Gasteiger partial charge in [-0.2, -0.15) is 11.8 Å². The Hall–Kier alpha value is -0.650. The highest BCUT2D eigenvalue weighted by molar-refractivity contribution is 7.99. The molecule has 0 radical (unpaired) electrons. The normalized spacial score (nSPS) is 22.4. The van der Waals surface area contributed by atoms with Crippen LogP contribution in [0.1, 0.15) is 5.56 Å². The number of thioether (sulfide) groups is 1. The SMILES string of the molecule is NC(Cc1cccc(F)c1F)C1CSCCO1. The van der Waals surface area contributed by atoms with E-state index in [4.69, 9.17) is 10.5 Å². The minimum absolute atomic E-state index is 0.0728. The predicted octanol–water partition coefficient (Wildman–Crippen LogP) is 1.97. The number of rotatable bonds is 3. The van der Waals surface area contributed by atoms with Crippen molar-refractivity contribution in [1.29, 1.82) is 0 Å². The number of nitrogens with two attached hydrogens (primary N) is 1. The minimum atomic E-state index is -0.825. The number of halogens is 2. The van der Waals surface area contributed by atoms with Gasteiger partial charge in [0, 0.05) is 17.5 Å². The Morgan fingerprint density at radius 3 is 3.00 bits per heavy atom. The molecule has 94 valence electrons. The summed E-state index contributed by atoms with van der Waals surface area (Å²) in [6.07, 6.45) is 0.228. The van der Waals surface area contributed by atoms with Gasteiger partial charge in [-0.1, -0.05) is 12.1 Å². The summed E-state index contributed by atoms with van der Waals surface area (Å²) in [5, 5.41) is 0. The summed E-state index contributed by atoms with van der Waals surface area (Å²) in [6.45, 7) is 0.675. The number of hydrogen-bond donors (Lipinski definition) is 1. The Labute approximate surface area is 104 Å². The summed E-state index contributed by atoms with van der Waals surface area (Å²) in [7, 11) is 0. The molecule has 0 aliphatic carbocycles. The number of ether oxygens (including phenoxy) is 1. The Kier molecular flexibility index (Phi) is 4.36. The average Bonchev–Trinajstić information content (AvgIpc) is 2.36. The van der Waals surface area contributed by atoms with Gasteiger partial charge in [0.25, 0.3) is 0 Å². The highest BCUT2D eigenvalue weighted by Gasteiger charge is 2.23. The summed E-state index contributed by atoms with van der Waals surface area (Å²) in [4.78, 5) is 0. The van der Waals surface area contributed by atoms with Crippen molar-refractivity contribution in [3.63, 3.8) is 0 Å². The first-order valence-electron chi connectivity index (χ1n) is 5.56. The highest BCUT2D eigenvalue weighted by atomic mass is 32.2. The summed E-state index contributed by atoms with van der Waals surface area (Å²) >= 11 is 1.78. The van der Waals surface area contributed by atoms with Crippen molar-refractivity contribution in [2.75, 3.05) is 18.1 Å². The maximum atomic E-state index is 13.5. The Morgan fingerprint density at radius 1 is 1.47 bits per heavy atom. The molecule has 1 saturated heterocycles. The van der Waals surface area contributed by atoms with Gasteiger partial charge in [-0.05, 0) is 18.1 Å². The van der Waals surface area contributed by atoms with Crippen molar-refractivity contribution in [2.45, 2.75) is 18.6 Å². The molecule has 2 unspecified atom stereocenters. The average molecular weight is 259 g/mol. The molecule has 5 heteroatoms. The molecule has 2 atom stereocenters. The highest BCUT2D eigenvalue weighted by Crippen LogP contribution is 2.19. The van der Waals surface area contributed by atoms with E-state index in [1.165, 1.54) is 6.07 Å². The van der Waals surface area contributed by atoms with Crippen molar-refractivity contribution in [3.05, 3.63) is 35.4 Å². The first-order chi connectivity index (χ1) is 8.18. The van der Waals surface area contributed by atoms with Gasteiger partial charge < -0.3 is 10.5 Å². The molecule has 1 aliphatic heterocycles. The van der Waals surface area contributed by atoms with Crippen LogP contribution in [0.5, 0.6) is 0 Å². The van der Waals surface area contributed by atoms with E-state index in [-0.39, 0.29) is 12.1 Å². The fourth-order valence-corrected chi connectivity index (χ4v) is 2.80. The van der Waals surface area contributed by atoms with Crippen molar-refractivity contribution in [2.24, 2.45) is 5.73 Å². The second-order valence-electron chi connectivity index (χ2n) is 4.07. The molecule has 0 saturated carbocycles. The summed E-state index contributed by atoms with van der Waals surface area (Å²) < 4.78 is 32.0. The van der Waals surface area contributed by atoms with Gasteiger partial charge in [0.15, 0.2) is 11.6 Å². The van der Waals surface area contributed by atoms with E-state index in [1.54, 1.807) is 17.8 Å². The molecule has 1 aliphatic rings. The lowest BCUT2D eigenvalue weighted by atomic mass is 10.0. The largest absolute Gasteiger partial charge is 0.375 e. The lowest BCUT2D eigenvalue weighted by Crippen LogP contribution is -2.42. The smallest absolute Gasteiger partial charge is 0.162 e. The van der Waals surface area contributed by atoms with Crippen molar-refractivity contribution < 1.29 is 13.5 Å². The summed E-state index contributed by atoms with van der Waals surface area (Å²) in [5.74, 6) is 0.162. The predicted molar refractivity (Wildman–Crippen MR) is 65.1 cm³/mol. The van der Waals surface area contributed by atoms with E-state index < -0.39 is 11.6 Å². The quantitative estimate of drug-likeness (QED) is 0.901. The van der Waals surface area contributed by atoms with Crippen LogP contribution in [0.15, 0.2) is 18.2 Å². The molecule has 0 bridgehead atoms. The zero-order chi connectivity index (χ0) is 12.3. The monoisotopic (exact) mass is 259 g/mol. The van der Waals surface area contributed by atoms with Crippen LogP contribution in [0.3, 0.4) is 0 Å². The van der Waals surface area contributed by atoms with Crippen molar-refractivity contribution in [1.82, 2.24) is 0 Å². The van der Waals surface area contributed by atoms with Gasteiger partial charge >= 0.3 is 0 Å². The molecule has 0 amide bonds. The summed E-state index contributed by atoms with van der Waals surface area (Å²) in [5.41, 5.74) is 6.29. The maximum Gasteiger partial charge on any atom is 0.162 e. The molecule has 2 N–H and O–H groups in total. The first-order valence-corrected chi connectivity index (χ1v) is 6.72. The molecule has 0 spiro atoms. The fraction of sp³-hybridized carbons (Fsp3) is 0.500. The van der Waals surface area contributed by atoms with Gasteiger partial charge in [-0.3, -0.25) is 0 Å². The topological polar surface area (TPSA) is 35.2 Å². The molecule has 0 aromatic heterocycles. The van der Waals surface area contributed by atoms with Gasteiger partial charge in [-0.15, -0.1) is 0 Å². The molecule has 1 heterocycles. The van der Waals surface area contributed by atoms with Crippen LogP contribution < -0.4 is 5.73 Å². The Balaban J connectivity index is 2.01. The zero-order valence-corrected chi connectivity index (χ0v) is 10.2. The van der Waals surface area contributed by atoms with Crippen LogP contribution in [0.2, 0.25) is 0 Å². The van der Waals surface area contributed by atoms with E-state index in [0.29, 0.717) is 18.6 Å². The van der Waals surface area contributed by atoms with Crippen LogP contribution >= 0.6 is 11.8 Å². The second kappa shape index (κ2) is 5.80. The minimum Gasteiger partial charge on any atom is -0.375 e. The third-order valence-corrected chi connectivity index (χ3v) is 3.83. The van der Waals surface area contributed by atoms with E-state index in [1.807, 2.05) is 0 Å². The van der Waals surface area contributed by atoms with Gasteiger partial charge in [0.05, 0.1) is 12.7 Å². The van der Waals surface area contributed by atoms with E-state index in [9.17, 15) is 8.78 Å². The third kappa shape index (κ3) is 3.18. The molecule has 17 heavy (non-hydrogen) atoms. The zero-order valence-electron chi connectivity index (χ0n) is 9.36. The third-order valence-electron chi connectivity index (χ3n) is 2.81. The van der Waals surface area contributed by atoms with Crippen molar-refractivity contribution >= 4 is 11.8 Å². The Morgan fingerprint density at radius 2 is 2.29 bits per heavy atom. The van der Waals surface area contributed by atoms with Crippen LogP contribution in [-0.4, -0.2) is 30.3 Å². The van der Waals surface area contributed by atoms with Crippen molar-refractivity contribution in [3.8, 4) is 0 Å². The number of hydrogen-bond acceptors (Lipinski definition) is 3. The van der Waals surface area contributed by atoms with Crippen LogP contribution in [0.4, 0.5) is 8.78 Å². The fourth-order valence-electron chi connectivity index (χ4n) is 1.84. The Bertz CT molecular complexity index is 383.